The molecule has 0 aliphatic carbocycles. The van der Waals surface area contributed by atoms with Crippen LogP contribution >= 0.6 is 0 Å². The molecule has 0 aromatic carbocycles. The van der Waals surface area contributed by atoms with Crippen molar-refractivity contribution in [1.82, 2.24) is 0 Å². The summed E-state index contributed by atoms with van der Waals surface area (Å²) < 4.78 is 4.67. The highest BCUT2D eigenvalue weighted by Crippen LogP contribution is 1.98. The Morgan fingerprint density at radius 2 is 2.18 bits per heavy atom. The zero-order chi connectivity index (χ0) is 8.69. The van der Waals surface area contributed by atoms with Crippen LogP contribution in [0.1, 0.15) is 20.3 Å². The molecule has 0 bridgehead atoms. The van der Waals surface area contributed by atoms with E-state index in [2.05, 4.69) is 9.62 Å². The van der Waals surface area contributed by atoms with Crippen LogP contribution in [0.2, 0.25) is 0 Å². The fourth-order valence-corrected chi connectivity index (χ4v) is 0.503. The predicted octanol–water partition coefficient (Wildman–Crippen LogP) is 1.07. The minimum Gasteiger partial charge on any atom is -0.464 e. The van der Waals surface area contributed by atoms with Gasteiger partial charge in [0.05, 0.1) is 6.61 Å². The maximum atomic E-state index is 10.5. The smallest absolute Gasteiger partial charge is 0.335 e. The van der Waals surface area contributed by atoms with Gasteiger partial charge in [-0.2, -0.15) is 0 Å². The lowest BCUT2D eigenvalue weighted by molar-refractivity contribution is -0.245. The molecule has 0 aromatic heterocycles. The Morgan fingerprint density at radius 3 is 2.64 bits per heavy atom. The highest BCUT2D eigenvalue weighted by atomic mass is 17.1. The number of carbonyl (C=O) groups excluding carboxylic acids is 1. The van der Waals surface area contributed by atoms with E-state index in [0.29, 0.717) is 12.5 Å². The van der Waals surface area contributed by atoms with Crippen molar-refractivity contribution in [3.05, 3.63) is 0 Å². The van der Waals surface area contributed by atoms with Gasteiger partial charge in [0, 0.05) is 0 Å². The topological polar surface area (TPSA) is 55.8 Å². The van der Waals surface area contributed by atoms with Crippen LogP contribution in [0.15, 0.2) is 0 Å². The van der Waals surface area contributed by atoms with Gasteiger partial charge in [0.25, 0.3) is 0 Å². The summed E-state index contributed by atoms with van der Waals surface area (Å²) in [5.41, 5.74) is 0. The van der Waals surface area contributed by atoms with Gasteiger partial charge < -0.3 is 4.74 Å². The Balaban J connectivity index is 3.17. The lowest BCUT2D eigenvalue weighted by atomic mass is 10.1. The highest BCUT2D eigenvalue weighted by molar-refractivity contribution is 5.70. The van der Waals surface area contributed by atoms with Crippen LogP contribution in [0, 0.1) is 5.92 Å². The molecule has 4 nitrogen and oxygen atoms in total. The van der Waals surface area contributed by atoms with E-state index in [4.69, 9.17) is 5.26 Å². The Morgan fingerprint density at radius 1 is 1.55 bits per heavy atom. The van der Waals surface area contributed by atoms with E-state index in [9.17, 15) is 4.79 Å². The Bertz CT molecular complexity index is 111. The molecule has 0 fully saturated rings. The number of hydrogen-bond donors (Lipinski definition) is 1. The highest BCUT2D eigenvalue weighted by Gasteiger charge is 2.02. The van der Waals surface area contributed by atoms with Crippen LogP contribution in [0.25, 0.3) is 0 Å². The zero-order valence-electron chi connectivity index (χ0n) is 6.87. The first-order chi connectivity index (χ1) is 5.16. The van der Waals surface area contributed by atoms with Gasteiger partial charge in [-0.05, 0) is 12.3 Å². The average molecular weight is 162 g/mol. The summed E-state index contributed by atoms with van der Waals surface area (Å²) in [6.45, 7) is 4.07. The summed E-state index contributed by atoms with van der Waals surface area (Å²) in [7, 11) is 0. The number of esters is 1. The molecule has 0 heterocycles. The molecule has 0 aliphatic rings. The van der Waals surface area contributed by atoms with Crippen molar-refractivity contribution >= 4 is 5.97 Å². The minimum atomic E-state index is -0.534. The van der Waals surface area contributed by atoms with E-state index in [-0.39, 0.29) is 0 Å². The summed E-state index contributed by atoms with van der Waals surface area (Å²) in [6.07, 6.45) is 0.831. The molecule has 0 rings (SSSR count). The first-order valence-electron chi connectivity index (χ1n) is 3.58. The van der Waals surface area contributed by atoms with Gasteiger partial charge in [0.1, 0.15) is 0 Å². The summed E-state index contributed by atoms with van der Waals surface area (Å²) >= 11 is 0. The van der Waals surface area contributed by atoms with E-state index in [1.807, 2.05) is 13.8 Å². The molecule has 0 unspecified atom stereocenters. The van der Waals surface area contributed by atoms with Crippen molar-refractivity contribution in [2.75, 3.05) is 13.2 Å². The summed E-state index contributed by atoms with van der Waals surface area (Å²) in [6, 6.07) is 0. The van der Waals surface area contributed by atoms with Crippen molar-refractivity contribution < 1.29 is 19.7 Å². The third-order valence-electron chi connectivity index (χ3n) is 1.14. The lowest BCUT2D eigenvalue weighted by Crippen LogP contribution is -2.12. The molecular weight excluding hydrogens is 148 g/mol. The molecule has 0 aliphatic heterocycles. The second kappa shape index (κ2) is 6.12. The SMILES string of the molecule is CC(C)CCOC(=O)COO. The Labute approximate surface area is 66.0 Å². The molecule has 1 N–H and O–H groups in total. The third-order valence-corrected chi connectivity index (χ3v) is 1.14. The quantitative estimate of drug-likeness (QED) is 0.373. The van der Waals surface area contributed by atoms with Crippen LogP contribution in [-0.4, -0.2) is 24.4 Å². The van der Waals surface area contributed by atoms with Crippen molar-refractivity contribution in [2.45, 2.75) is 20.3 Å². The van der Waals surface area contributed by atoms with E-state index in [1.165, 1.54) is 0 Å². The molecular formula is C7H14O4. The molecule has 0 saturated heterocycles. The molecule has 0 atom stereocenters. The first kappa shape index (κ1) is 10.4. The predicted molar refractivity (Wildman–Crippen MR) is 39.0 cm³/mol. The number of rotatable bonds is 5. The first-order valence-corrected chi connectivity index (χ1v) is 3.58. The molecule has 0 amide bonds. The number of carbonyl (C=O) groups is 1. The summed E-state index contributed by atoms with van der Waals surface area (Å²) in [5.74, 6) is -0.0222. The molecule has 0 spiro atoms. The summed E-state index contributed by atoms with van der Waals surface area (Å²) in [5, 5.41) is 7.84. The Kier molecular flexibility index (Phi) is 5.78. The fourth-order valence-electron chi connectivity index (χ4n) is 0.503. The van der Waals surface area contributed by atoms with Gasteiger partial charge in [-0.15, -0.1) is 0 Å². The van der Waals surface area contributed by atoms with Gasteiger partial charge in [-0.25, -0.2) is 9.68 Å². The Hall–Kier alpha value is -0.610. The van der Waals surface area contributed by atoms with E-state index in [1.54, 1.807) is 0 Å². The molecule has 11 heavy (non-hydrogen) atoms. The van der Waals surface area contributed by atoms with Crippen molar-refractivity contribution in [3.63, 3.8) is 0 Å². The minimum absolute atomic E-state index is 0.389. The largest absolute Gasteiger partial charge is 0.464 e. The number of hydrogen-bond acceptors (Lipinski definition) is 4. The maximum absolute atomic E-state index is 10.5. The standard InChI is InChI=1S/C7H14O4/c1-6(2)3-4-10-7(8)5-11-9/h6,9H,3-5H2,1-2H3. The third kappa shape index (κ3) is 7.29. The molecule has 0 aromatic rings. The van der Waals surface area contributed by atoms with Crippen LogP contribution in [0.3, 0.4) is 0 Å². The molecule has 4 heteroatoms. The van der Waals surface area contributed by atoms with Crippen LogP contribution in [-0.2, 0) is 14.4 Å². The average Bonchev–Trinajstić information content (AvgIpc) is 1.87. The normalized spacial score (nSPS) is 10.2. The summed E-state index contributed by atoms with van der Waals surface area (Å²) in [4.78, 5) is 14.1. The molecule has 0 radical (unpaired) electrons. The van der Waals surface area contributed by atoms with Crippen LogP contribution in [0.4, 0.5) is 0 Å². The second-order valence-electron chi connectivity index (χ2n) is 2.68. The lowest BCUT2D eigenvalue weighted by Gasteiger charge is -2.04. The fraction of sp³-hybridized carbons (Fsp3) is 0.857. The van der Waals surface area contributed by atoms with Crippen molar-refractivity contribution in [1.29, 1.82) is 0 Å². The van der Waals surface area contributed by atoms with Gasteiger partial charge in [-0.3, -0.25) is 5.26 Å². The number of ether oxygens (including phenoxy) is 1. The van der Waals surface area contributed by atoms with Gasteiger partial charge >= 0.3 is 5.97 Å². The monoisotopic (exact) mass is 162 g/mol. The van der Waals surface area contributed by atoms with Crippen LogP contribution < -0.4 is 0 Å². The van der Waals surface area contributed by atoms with E-state index >= 15 is 0 Å². The van der Waals surface area contributed by atoms with E-state index in [0.717, 1.165) is 6.42 Å². The van der Waals surface area contributed by atoms with Gasteiger partial charge in [0.15, 0.2) is 6.61 Å². The van der Waals surface area contributed by atoms with E-state index < -0.39 is 12.6 Å². The van der Waals surface area contributed by atoms with Crippen molar-refractivity contribution in [2.24, 2.45) is 5.92 Å². The maximum Gasteiger partial charge on any atom is 0.335 e. The second-order valence-corrected chi connectivity index (χ2v) is 2.68. The van der Waals surface area contributed by atoms with Crippen LogP contribution in [0.5, 0.6) is 0 Å². The zero-order valence-corrected chi connectivity index (χ0v) is 6.87. The molecule has 0 saturated carbocycles. The van der Waals surface area contributed by atoms with Gasteiger partial charge in [0.2, 0.25) is 0 Å². The molecule has 66 valence electrons. The van der Waals surface area contributed by atoms with Gasteiger partial charge in [-0.1, -0.05) is 13.8 Å². The van der Waals surface area contributed by atoms with Crippen molar-refractivity contribution in [3.8, 4) is 0 Å².